The topological polar surface area (TPSA) is 151 Å². The van der Waals surface area contributed by atoms with Crippen LogP contribution in [0.1, 0.15) is 113 Å². The number of methoxy groups -OCH3 is 2. The second-order valence-corrected chi connectivity index (χ2v) is 15.8. The van der Waals surface area contributed by atoms with Crippen molar-refractivity contribution in [1.82, 2.24) is 0 Å². The van der Waals surface area contributed by atoms with Gasteiger partial charge in [0.25, 0.3) is 0 Å². The van der Waals surface area contributed by atoms with E-state index in [0.717, 1.165) is 64.2 Å². The van der Waals surface area contributed by atoms with Crippen molar-refractivity contribution in [2.75, 3.05) is 34.0 Å². The fourth-order valence-corrected chi connectivity index (χ4v) is 6.99. The summed E-state index contributed by atoms with van der Waals surface area (Å²) in [4.78, 5) is 51.6. The summed E-state index contributed by atoms with van der Waals surface area (Å²) < 4.78 is 49.9. The molecule has 0 N–H and O–H groups in total. The van der Waals surface area contributed by atoms with E-state index in [0.29, 0.717) is 76.9 Å². The van der Waals surface area contributed by atoms with Crippen LogP contribution in [0.3, 0.4) is 0 Å². The number of hydrogen-bond donors (Lipinski definition) is 0. The Balaban J connectivity index is 0.825. The third-order valence-electron chi connectivity index (χ3n) is 10.8. The van der Waals surface area contributed by atoms with E-state index in [9.17, 15) is 19.2 Å². The summed E-state index contributed by atoms with van der Waals surface area (Å²) in [5.41, 5.74) is 1.02. The number of benzene rings is 6. The molecule has 360 valence electrons. The van der Waals surface area contributed by atoms with Gasteiger partial charge in [-0.05, 0) is 159 Å². The highest BCUT2D eigenvalue weighted by Gasteiger charge is 2.20. The lowest BCUT2D eigenvalue weighted by atomic mass is 10.1. The molecule has 0 saturated carbocycles. The molecule has 0 unspecified atom stereocenters. The summed E-state index contributed by atoms with van der Waals surface area (Å²) in [6, 6.07) is 37.7. The Morgan fingerprint density at radius 1 is 0.333 bits per heavy atom. The molecule has 6 rings (SSSR count). The summed E-state index contributed by atoms with van der Waals surface area (Å²) in [5, 5.41) is 0. The lowest BCUT2D eigenvalue weighted by Gasteiger charge is -2.13. The van der Waals surface area contributed by atoms with Gasteiger partial charge < -0.3 is 42.6 Å². The highest BCUT2D eigenvalue weighted by Crippen LogP contribution is 2.27. The zero-order valence-electron chi connectivity index (χ0n) is 39.3. The molecule has 69 heavy (non-hydrogen) atoms. The number of unbranched alkanes of at least 4 members (excludes halogenated alkanes) is 9. The maximum atomic E-state index is 13.3. The average molecular weight is 939 g/mol. The van der Waals surface area contributed by atoms with Crippen molar-refractivity contribution < 1.29 is 61.8 Å². The molecule has 6 aromatic carbocycles. The quantitative estimate of drug-likeness (QED) is 0.0274. The van der Waals surface area contributed by atoms with Crippen LogP contribution in [0.25, 0.3) is 0 Å². The second kappa shape index (κ2) is 27.1. The Morgan fingerprint density at radius 3 is 1.06 bits per heavy atom. The van der Waals surface area contributed by atoms with E-state index in [2.05, 4.69) is 0 Å². The van der Waals surface area contributed by atoms with Crippen molar-refractivity contribution in [3.8, 4) is 51.7 Å². The van der Waals surface area contributed by atoms with Crippen LogP contribution in [0.5, 0.6) is 51.7 Å². The molecule has 13 nitrogen and oxygen atoms in total. The Hall–Kier alpha value is -7.80. The van der Waals surface area contributed by atoms with E-state index >= 15 is 0 Å². The molecule has 6 aromatic rings. The van der Waals surface area contributed by atoms with Gasteiger partial charge >= 0.3 is 23.9 Å². The second-order valence-electron chi connectivity index (χ2n) is 15.8. The van der Waals surface area contributed by atoms with Gasteiger partial charge in [0.1, 0.15) is 57.3 Å². The Kier molecular flexibility index (Phi) is 19.9. The van der Waals surface area contributed by atoms with Crippen LogP contribution >= 0.6 is 0 Å². The summed E-state index contributed by atoms with van der Waals surface area (Å²) in [6.45, 7) is 3.39. The van der Waals surface area contributed by atoms with Gasteiger partial charge in [0.15, 0.2) is 0 Å². The number of carbonyl (C=O) groups excluding carboxylic acids is 4. The third-order valence-corrected chi connectivity index (χ3v) is 10.8. The minimum atomic E-state index is -0.615. The normalized spacial score (nSPS) is 10.7. The molecule has 0 spiro atoms. The average Bonchev–Trinajstić information content (AvgIpc) is 3.38. The maximum absolute atomic E-state index is 13.3. The van der Waals surface area contributed by atoms with Gasteiger partial charge in [-0.25, -0.2) is 19.2 Å². The molecule has 0 bridgehead atoms. The van der Waals surface area contributed by atoms with Gasteiger partial charge in [-0.2, -0.15) is 0 Å². The van der Waals surface area contributed by atoms with Crippen LogP contribution < -0.4 is 42.6 Å². The molecule has 13 heteroatoms. The van der Waals surface area contributed by atoms with Crippen LogP contribution in [0.2, 0.25) is 0 Å². The zero-order valence-corrected chi connectivity index (χ0v) is 39.3. The smallest absolute Gasteiger partial charge is 0.347 e. The Labute approximate surface area is 403 Å². The van der Waals surface area contributed by atoms with Crippen LogP contribution in [0.4, 0.5) is 0 Å². The van der Waals surface area contributed by atoms with Crippen LogP contribution in [0, 0.1) is 0 Å². The van der Waals surface area contributed by atoms with Crippen molar-refractivity contribution in [3.63, 3.8) is 0 Å². The first-order valence-corrected chi connectivity index (χ1v) is 23.2. The van der Waals surface area contributed by atoms with E-state index in [1.807, 2.05) is 6.92 Å². The lowest BCUT2D eigenvalue weighted by Crippen LogP contribution is -2.14. The SMILES string of the molecule is CCOc1ccc(OC(=O)c2ccc(C(=O)Oc3ccc(OCCCCCCCCCCCCOc4cc(C(=O)Oc5ccc(OC)cc5)ccc4C(=O)Oc4ccc(OC)cc4)cc3)cc2)cc1. The first-order chi connectivity index (χ1) is 33.7. The van der Waals surface area contributed by atoms with Gasteiger partial charge in [0, 0.05) is 0 Å². The van der Waals surface area contributed by atoms with E-state index in [-0.39, 0.29) is 16.9 Å². The van der Waals surface area contributed by atoms with Gasteiger partial charge in [-0.15, -0.1) is 0 Å². The van der Waals surface area contributed by atoms with E-state index < -0.39 is 23.9 Å². The molecular weight excluding hydrogens is 881 g/mol. The molecule has 0 atom stereocenters. The molecule has 0 amide bonds. The summed E-state index contributed by atoms with van der Waals surface area (Å²) in [7, 11) is 3.12. The highest BCUT2D eigenvalue weighted by atomic mass is 16.6. The van der Waals surface area contributed by atoms with E-state index in [1.54, 1.807) is 111 Å². The summed E-state index contributed by atoms with van der Waals surface area (Å²) in [5.74, 6) is 2.06. The highest BCUT2D eigenvalue weighted by molar-refractivity contribution is 5.98. The van der Waals surface area contributed by atoms with Crippen LogP contribution in [0.15, 0.2) is 140 Å². The first-order valence-electron chi connectivity index (χ1n) is 23.2. The molecule has 0 aliphatic rings. The number of ether oxygens (including phenoxy) is 9. The van der Waals surface area contributed by atoms with Crippen molar-refractivity contribution >= 4 is 23.9 Å². The predicted octanol–water partition coefficient (Wildman–Crippen LogP) is 12.3. The van der Waals surface area contributed by atoms with Crippen LogP contribution in [-0.4, -0.2) is 57.9 Å². The lowest BCUT2D eigenvalue weighted by molar-refractivity contribution is 0.0716. The fourth-order valence-electron chi connectivity index (χ4n) is 6.99. The number of hydrogen-bond acceptors (Lipinski definition) is 13. The molecule has 0 radical (unpaired) electrons. The third kappa shape index (κ3) is 16.5. The monoisotopic (exact) mass is 938 g/mol. The van der Waals surface area contributed by atoms with E-state index in [1.165, 1.54) is 42.5 Å². The minimum absolute atomic E-state index is 0.193. The largest absolute Gasteiger partial charge is 0.497 e. The first kappa shape index (κ1) is 50.6. The van der Waals surface area contributed by atoms with Gasteiger partial charge in [0.05, 0.1) is 50.7 Å². The van der Waals surface area contributed by atoms with Crippen molar-refractivity contribution in [3.05, 3.63) is 162 Å². The Bertz CT molecular complexity index is 2540. The number of esters is 4. The molecule has 0 saturated heterocycles. The van der Waals surface area contributed by atoms with Crippen molar-refractivity contribution in [1.29, 1.82) is 0 Å². The van der Waals surface area contributed by atoms with Crippen molar-refractivity contribution in [2.45, 2.75) is 71.1 Å². The van der Waals surface area contributed by atoms with Gasteiger partial charge in [0.2, 0.25) is 0 Å². The maximum Gasteiger partial charge on any atom is 0.347 e. The van der Waals surface area contributed by atoms with Crippen LogP contribution in [-0.2, 0) is 0 Å². The molecule has 0 aliphatic carbocycles. The molecule has 0 aliphatic heterocycles. The Morgan fingerprint density at radius 2 is 0.652 bits per heavy atom. The molecular formula is C56H58O13. The van der Waals surface area contributed by atoms with Crippen molar-refractivity contribution in [2.24, 2.45) is 0 Å². The zero-order chi connectivity index (χ0) is 48.6. The predicted molar refractivity (Wildman–Crippen MR) is 260 cm³/mol. The standard InChI is InChI=1S/C56H58O13/c1-4-63-45-24-32-48(33-25-45)66-53(57)40-15-17-41(18-16-40)54(58)67-49-34-26-46(27-35-49)64-37-13-11-9-7-5-6-8-10-12-14-38-65-52-39-42(55(59)68-47-28-20-43(61-2)21-29-47)19-36-51(52)56(60)69-50-30-22-44(62-3)23-31-50/h15-36,39H,4-14,37-38H2,1-3H3. The number of rotatable bonds is 27. The van der Waals surface area contributed by atoms with Gasteiger partial charge in [-0.1, -0.05) is 51.4 Å². The number of carbonyl (C=O) groups is 4. The minimum Gasteiger partial charge on any atom is -0.497 e. The molecule has 0 aromatic heterocycles. The fraction of sp³-hybridized carbons (Fsp3) is 0.286. The molecule has 0 fully saturated rings. The summed E-state index contributed by atoms with van der Waals surface area (Å²) >= 11 is 0. The van der Waals surface area contributed by atoms with E-state index in [4.69, 9.17) is 42.6 Å². The summed E-state index contributed by atoms with van der Waals surface area (Å²) in [6.07, 6.45) is 10.5. The molecule has 0 heterocycles. The van der Waals surface area contributed by atoms with Gasteiger partial charge in [-0.3, -0.25) is 0 Å².